The molecule has 2 aromatic rings. The van der Waals surface area contributed by atoms with Crippen molar-refractivity contribution in [1.29, 1.82) is 0 Å². The highest BCUT2D eigenvalue weighted by Gasteiger charge is 2.26. The molecule has 2 aromatic heterocycles. The lowest BCUT2D eigenvalue weighted by molar-refractivity contribution is -0.129. The zero-order valence-corrected chi connectivity index (χ0v) is 16.6. The SMILES string of the molecule is COC[C@H](Nc1nc(N(C)C)nc2c1CCN(C(C)=O)C2)c1ccnn1C. The summed E-state index contributed by atoms with van der Waals surface area (Å²) in [7, 11) is 7.40. The molecular weight excluding hydrogens is 346 g/mol. The Morgan fingerprint density at radius 3 is 2.78 bits per heavy atom. The Labute approximate surface area is 159 Å². The number of methoxy groups -OCH3 is 1. The molecule has 3 heterocycles. The fourth-order valence-corrected chi connectivity index (χ4v) is 3.26. The monoisotopic (exact) mass is 373 g/mol. The van der Waals surface area contributed by atoms with Crippen molar-refractivity contribution in [3.63, 3.8) is 0 Å². The van der Waals surface area contributed by atoms with Crippen LogP contribution in [0.3, 0.4) is 0 Å². The number of amides is 1. The topological polar surface area (TPSA) is 88.4 Å². The Balaban J connectivity index is 1.98. The van der Waals surface area contributed by atoms with E-state index in [1.54, 1.807) is 20.2 Å². The van der Waals surface area contributed by atoms with E-state index in [1.807, 2.05) is 41.7 Å². The Morgan fingerprint density at radius 1 is 1.41 bits per heavy atom. The normalized spacial score (nSPS) is 14.6. The van der Waals surface area contributed by atoms with Crippen molar-refractivity contribution in [3.8, 4) is 0 Å². The number of ether oxygens (including phenoxy) is 1. The van der Waals surface area contributed by atoms with E-state index in [-0.39, 0.29) is 11.9 Å². The van der Waals surface area contributed by atoms with Crippen LogP contribution < -0.4 is 10.2 Å². The maximum absolute atomic E-state index is 11.8. The second-order valence-corrected chi connectivity index (χ2v) is 6.91. The Kier molecular flexibility index (Phi) is 5.59. The third-order valence-corrected chi connectivity index (χ3v) is 4.76. The minimum Gasteiger partial charge on any atom is -0.382 e. The van der Waals surface area contributed by atoms with E-state index >= 15 is 0 Å². The summed E-state index contributed by atoms with van der Waals surface area (Å²) in [6.07, 6.45) is 2.49. The van der Waals surface area contributed by atoms with Crippen LogP contribution in [0.2, 0.25) is 0 Å². The Hall–Kier alpha value is -2.68. The molecule has 0 aliphatic carbocycles. The number of nitrogens with zero attached hydrogens (tertiary/aromatic N) is 6. The predicted molar refractivity (Wildman–Crippen MR) is 103 cm³/mol. The van der Waals surface area contributed by atoms with Crippen LogP contribution in [0, 0.1) is 0 Å². The number of carbonyl (C=O) groups excluding carboxylic acids is 1. The van der Waals surface area contributed by atoms with E-state index in [0.29, 0.717) is 25.6 Å². The van der Waals surface area contributed by atoms with E-state index < -0.39 is 0 Å². The molecule has 1 aliphatic rings. The van der Waals surface area contributed by atoms with Gasteiger partial charge in [0.25, 0.3) is 0 Å². The lowest BCUT2D eigenvalue weighted by Gasteiger charge is -2.30. The quantitative estimate of drug-likeness (QED) is 0.807. The number of hydrogen-bond donors (Lipinski definition) is 1. The minimum absolute atomic E-state index is 0.0623. The van der Waals surface area contributed by atoms with Crippen LogP contribution in [-0.2, 0) is 29.5 Å². The first kappa shape index (κ1) is 19.1. The molecule has 1 amide bonds. The smallest absolute Gasteiger partial charge is 0.227 e. The largest absolute Gasteiger partial charge is 0.382 e. The maximum Gasteiger partial charge on any atom is 0.227 e. The number of rotatable bonds is 6. The maximum atomic E-state index is 11.8. The van der Waals surface area contributed by atoms with Crippen LogP contribution in [0.4, 0.5) is 11.8 Å². The molecular formula is C18H27N7O2. The van der Waals surface area contributed by atoms with Crippen molar-refractivity contribution in [1.82, 2.24) is 24.6 Å². The number of aromatic nitrogens is 4. The molecule has 0 unspecified atom stereocenters. The molecule has 27 heavy (non-hydrogen) atoms. The van der Waals surface area contributed by atoms with Gasteiger partial charge in [-0.3, -0.25) is 9.48 Å². The molecule has 0 radical (unpaired) electrons. The van der Waals surface area contributed by atoms with Gasteiger partial charge in [-0.05, 0) is 12.5 Å². The lowest BCUT2D eigenvalue weighted by atomic mass is 10.0. The van der Waals surface area contributed by atoms with Crippen LogP contribution >= 0.6 is 0 Å². The first-order valence-electron chi connectivity index (χ1n) is 8.96. The highest BCUT2D eigenvalue weighted by atomic mass is 16.5. The van der Waals surface area contributed by atoms with Gasteiger partial charge in [0.2, 0.25) is 11.9 Å². The number of carbonyl (C=O) groups is 1. The molecule has 1 atom stereocenters. The molecule has 0 saturated carbocycles. The molecule has 9 nitrogen and oxygen atoms in total. The first-order valence-corrected chi connectivity index (χ1v) is 8.96. The molecule has 9 heteroatoms. The molecule has 0 spiro atoms. The van der Waals surface area contributed by atoms with Crippen LogP contribution in [0.5, 0.6) is 0 Å². The zero-order chi connectivity index (χ0) is 19.6. The second-order valence-electron chi connectivity index (χ2n) is 6.91. The van der Waals surface area contributed by atoms with Gasteiger partial charge in [0.15, 0.2) is 0 Å². The first-order chi connectivity index (χ1) is 12.9. The van der Waals surface area contributed by atoms with Gasteiger partial charge in [-0.25, -0.2) is 4.98 Å². The summed E-state index contributed by atoms with van der Waals surface area (Å²) in [5.74, 6) is 1.46. The average molecular weight is 373 g/mol. The summed E-state index contributed by atoms with van der Waals surface area (Å²) in [5, 5.41) is 7.78. The summed E-state index contributed by atoms with van der Waals surface area (Å²) in [6, 6.07) is 1.87. The van der Waals surface area contributed by atoms with Gasteiger partial charge in [-0.15, -0.1) is 0 Å². The molecule has 3 rings (SSSR count). The van der Waals surface area contributed by atoms with Gasteiger partial charge < -0.3 is 19.9 Å². The van der Waals surface area contributed by atoms with E-state index in [9.17, 15) is 4.79 Å². The molecule has 0 bridgehead atoms. The predicted octanol–water partition coefficient (Wildman–Crippen LogP) is 0.980. The van der Waals surface area contributed by atoms with Gasteiger partial charge in [0.05, 0.1) is 30.6 Å². The van der Waals surface area contributed by atoms with Crippen LogP contribution in [0.15, 0.2) is 12.3 Å². The molecule has 0 fully saturated rings. The Bertz CT molecular complexity index is 818. The van der Waals surface area contributed by atoms with Crippen molar-refractivity contribution >= 4 is 17.7 Å². The third-order valence-electron chi connectivity index (χ3n) is 4.76. The fourth-order valence-electron chi connectivity index (χ4n) is 3.26. The summed E-state index contributed by atoms with van der Waals surface area (Å²) in [5.41, 5.74) is 2.96. The van der Waals surface area contributed by atoms with Crippen molar-refractivity contribution < 1.29 is 9.53 Å². The van der Waals surface area contributed by atoms with Gasteiger partial charge in [0.1, 0.15) is 5.82 Å². The molecule has 0 aromatic carbocycles. The average Bonchev–Trinajstić information content (AvgIpc) is 3.06. The van der Waals surface area contributed by atoms with Crippen LogP contribution in [-0.4, -0.2) is 64.9 Å². The standard InChI is InChI=1S/C18H27N7O2/c1-12(26)25-9-7-13-14(10-25)21-18(23(2)3)22-17(13)20-15(11-27-5)16-6-8-19-24(16)4/h6,8,15H,7,9-11H2,1-5H3,(H,20,21,22)/t15-/m0/s1. The molecule has 1 N–H and O–H groups in total. The van der Waals surface area contributed by atoms with E-state index in [2.05, 4.69) is 15.4 Å². The van der Waals surface area contributed by atoms with Crippen molar-refractivity contribution in [3.05, 3.63) is 29.2 Å². The van der Waals surface area contributed by atoms with Gasteiger partial charge >= 0.3 is 0 Å². The van der Waals surface area contributed by atoms with Gasteiger partial charge in [-0.2, -0.15) is 10.1 Å². The molecule has 0 saturated heterocycles. The van der Waals surface area contributed by atoms with E-state index in [4.69, 9.17) is 9.72 Å². The summed E-state index contributed by atoms with van der Waals surface area (Å²) < 4.78 is 7.24. The molecule has 1 aliphatic heterocycles. The highest BCUT2D eigenvalue weighted by molar-refractivity contribution is 5.73. The number of fused-ring (bicyclic) bond motifs is 1. The zero-order valence-electron chi connectivity index (χ0n) is 16.6. The Morgan fingerprint density at radius 2 is 2.19 bits per heavy atom. The number of aryl methyl sites for hydroxylation is 1. The van der Waals surface area contributed by atoms with Crippen LogP contribution in [0.1, 0.15) is 29.9 Å². The third kappa shape index (κ3) is 4.02. The van der Waals surface area contributed by atoms with Crippen molar-refractivity contribution in [2.75, 3.05) is 44.6 Å². The summed E-state index contributed by atoms with van der Waals surface area (Å²) in [4.78, 5) is 24.9. The lowest BCUT2D eigenvalue weighted by Crippen LogP contribution is -2.36. The van der Waals surface area contributed by atoms with Crippen molar-refractivity contribution in [2.45, 2.75) is 25.9 Å². The number of anilines is 2. The van der Waals surface area contributed by atoms with Gasteiger partial charge in [-0.1, -0.05) is 0 Å². The van der Waals surface area contributed by atoms with E-state index in [0.717, 1.165) is 29.2 Å². The minimum atomic E-state index is -0.0950. The summed E-state index contributed by atoms with van der Waals surface area (Å²) in [6.45, 7) is 3.25. The van der Waals surface area contributed by atoms with Crippen molar-refractivity contribution in [2.24, 2.45) is 7.05 Å². The highest BCUT2D eigenvalue weighted by Crippen LogP contribution is 2.28. The number of nitrogens with one attached hydrogen (secondary N) is 1. The molecule has 146 valence electrons. The summed E-state index contributed by atoms with van der Waals surface area (Å²) >= 11 is 0. The fraction of sp³-hybridized carbons (Fsp3) is 0.556. The van der Waals surface area contributed by atoms with Crippen LogP contribution in [0.25, 0.3) is 0 Å². The second kappa shape index (κ2) is 7.91. The van der Waals surface area contributed by atoms with Gasteiger partial charge in [0, 0.05) is 53.5 Å². The van der Waals surface area contributed by atoms with E-state index in [1.165, 1.54) is 0 Å². The number of hydrogen-bond acceptors (Lipinski definition) is 7.